The lowest BCUT2D eigenvalue weighted by molar-refractivity contribution is 0.0106. The van der Waals surface area contributed by atoms with Gasteiger partial charge in [0.2, 0.25) is 0 Å². The van der Waals surface area contributed by atoms with Gasteiger partial charge in [0.1, 0.15) is 12.4 Å². The van der Waals surface area contributed by atoms with Crippen LogP contribution in [0.25, 0.3) is 0 Å². The number of fused-ring (bicyclic) bond motifs is 1. The Morgan fingerprint density at radius 3 is 2.60 bits per heavy atom. The monoisotopic (exact) mass is 571 g/mol. The smallest absolute Gasteiger partial charge is 0.142 e. The number of piperidine rings is 1. The molecule has 1 N–H and O–H groups in total. The Kier molecular flexibility index (Phi) is 9.93. The number of hydrogen-bond donors (Lipinski definition) is 1. The van der Waals surface area contributed by atoms with Gasteiger partial charge in [-0.1, -0.05) is 48.5 Å². The van der Waals surface area contributed by atoms with E-state index in [4.69, 9.17) is 18.9 Å². The molecule has 0 amide bonds. The van der Waals surface area contributed by atoms with Crippen LogP contribution in [0.15, 0.2) is 72.8 Å². The largest absolute Gasteiger partial charge is 0.490 e. The van der Waals surface area contributed by atoms with Crippen LogP contribution in [0.3, 0.4) is 0 Å². The fourth-order valence-electron chi connectivity index (χ4n) is 6.44. The van der Waals surface area contributed by atoms with Crippen molar-refractivity contribution in [3.05, 3.63) is 89.5 Å². The van der Waals surface area contributed by atoms with E-state index in [1.807, 2.05) is 0 Å². The lowest BCUT2D eigenvalue weighted by Gasteiger charge is -2.33. The van der Waals surface area contributed by atoms with Crippen molar-refractivity contribution in [3.63, 3.8) is 0 Å². The van der Waals surface area contributed by atoms with Crippen molar-refractivity contribution in [3.8, 4) is 5.75 Å². The predicted molar refractivity (Wildman–Crippen MR) is 168 cm³/mol. The number of rotatable bonds is 12. The van der Waals surface area contributed by atoms with Crippen LogP contribution < -0.4 is 19.9 Å². The topological polar surface area (TPSA) is 55.4 Å². The fraction of sp³-hybridized carbons (Fsp3) is 0.486. The first kappa shape index (κ1) is 29.0. The summed E-state index contributed by atoms with van der Waals surface area (Å²) in [6, 6.07) is 26.1. The lowest BCUT2D eigenvalue weighted by atomic mass is 9.87. The first-order valence-electron chi connectivity index (χ1n) is 15.6. The molecule has 3 atom stereocenters. The van der Waals surface area contributed by atoms with Crippen LogP contribution in [-0.4, -0.2) is 71.8 Å². The van der Waals surface area contributed by atoms with Crippen molar-refractivity contribution >= 4 is 11.4 Å². The zero-order valence-corrected chi connectivity index (χ0v) is 24.9. The molecule has 0 aromatic heterocycles. The minimum Gasteiger partial charge on any atom is -0.490 e. The highest BCUT2D eigenvalue weighted by Gasteiger charge is 2.28. The highest BCUT2D eigenvalue weighted by atomic mass is 16.5. The molecule has 7 heteroatoms. The number of para-hydroxylation sites is 1. The minimum atomic E-state index is 0.133. The molecule has 7 nitrogen and oxygen atoms in total. The number of nitrogens with one attached hydrogen (secondary N) is 1. The summed E-state index contributed by atoms with van der Waals surface area (Å²) in [6.45, 7) is 8.51. The van der Waals surface area contributed by atoms with Crippen molar-refractivity contribution in [2.75, 3.05) is 69.4 Å². The van der Waals surface area contributed by atoms with Gasteiger partial charge >= 0.3 is 0 Å². The summed E-state index contributed by atoms with van der Waals surface area (Å²) in [5, 5.41) is 3.55. The minimum absolute atomic E-state index is 0.133. The molecule has 0 spiro atoms. The summed E-state index contributed by atoms with van der Waals surface area (Å²) in [4.78, 5) is 4.83. The van der Waals surface area contributed by atoms with Gasteiger partial charge in [-0.15, -0.1) is 0 Å². The van der Waals surface area contributed by atoms with Crippen molar-refractivity contribution < 1.29 is 18.9 Å². The first-order valence-corrected chi connectivity index (χ1v) is 15.6. The molecule has 0 bridgehead atoms. The van der Waals surface area contributed by atoms with Crippen LogP contribution in [0.5, 0.6) is 5.75 Å². The van der Waals surface area contributed by atoms with E-state index in [0.29, 0.717) is 19.1 Å². The molecule has 3 heterocycles. The van der Waals surface area contributed by atoms with Gasteiger partial charge in [-0.25, -0.2) is 0 Å². The Balaban J connectivity index is 1.02. The van der Waals surface area contributed by atoms with Crippen LogP contribution in [0.2, 0.25) is 0 Å². The van der Waals surface area contributed by atoms with E-state index in [2.05, 4.69) is 87.9 Å². The number of nitrogens with zero attached hydrogens (tertiary/aromatic N) is 2. The molecule has 6 rings (SSSR count). The lowest BCUT2D eigenvalue weighted by Crippen LogP contribution is -2.41. The van der Waals surface area contributed by atoms with E-state index in [1.54, 1.807) is 7.11 Å². The summed E-state index contributed by atoms with van der Waals surface area (Å²) in [7, 11) is 1.76. The number of ether oxygens (including phenoxy) is 4. The molecule has 2 saturated heterocycles. The SMILES string of the molecule is COCCCN1CCOc2ccc(COC3CNCCC3c3ccc(COC4CCN(c5ccccc5)C4)cc3)cc21. The molecule has 224 valence electrons. The molecule has 3 aromatic rings. The van der Waals surface area contributed by atoms with E-state index in [9.17, 15) is 0 Å². The quantitative estimate of drug-likeness (QED) is 0.293. The highest BCUT2D eigenvalue weighted by Crippen LogP contribution is 2.34. The standard InChI is InChI=1S/C35H45N3O4/c1-39-20-5-17-37-19-21-40-34-13-10-28(22-33(34)37)26-42-35-23-36-16-14-32(35)29-11-8-27(9-12-29)25-41-31-15-18-38(24-31)30-6-3-2-4-7-30/h2-4,6-13,22,31-32,35-36H,5,14-21,23-26H2,1H3. The average Bonchev–Trinajstić information content (AvgIpc) is 3.53. The molecule has 2 fully saturated rings. The van der Waals surface area contributed by atoms with Crippen LogP contribution in [-0.2, 0) is 27.4 Å². The normalized spacial score (nSPS) is 22.2. The zero-order valence-electron chi connectivity index (χ0n) is 24.9. The molecule has 3 aliphatic rings. The Hall–Kier alpha value is -3.10. The fourth-order valence-corrected chi connectivity index (χ4v) is 6.44. The van der Waals surface area contributed by atoms with E-state index < -0.39 is 0 Å². The summed E-state index contributed by atoms with van der Waals surface area (Å²) in [5.41, 5.74) is 6.22. The van der Waals surface area contributed by atoms with Gasteiger partial charge in [-0.2, -0.15) is 0 Å². The summed E-state index contributed by atoms with van der Waals surface area (Å²) < 4.78 is 24.1. The van der Waals surface area contributed by atoms with Crippen molar-refractivity contribution in [1.82, 2.24) is 5.32 Å². The van der Waals surface area contributed by atoms with E-state index in [-0.39, 0.29) is 12.2 Å². The second-order valence-electron chi connectivity index (χ2n) is 11.7. The Morgan fingerprint density at radius 2 is 1.74 bits per heavy atom. The van der Waals surface area contributed by atoms with Gasteiger partial charge < -0.3 is 34.1 Å². The molecule has 0 radical (unpaired) electrons. The molecule has 0 aliphatic carbocycles. The van der Waals surface area contributed by atoms with Crippen molar-refractivity contribution in [1.29, 1.82) is 0 Å². The molecular formula is C35H45N3O4. The number of hydrogen-bond acceptors (Lipinski definition) is 7. The number of anilines is 2. The summed E-state index contributed by atoms with van der Waals surface area (Å²) in [6.07, 6.45) is 3.56. The van der Waals surface area contributed by atoms with Crippen LogP contribution in [0, 0.1) is 0 Å². The summed E-state index contributed by atoms with van der Waals surface area (Å²) >= 11 is 0. The van der Waals surface area contributed by atoms with Crippen LogP contribution >= 0.6 is 0 Å². The van der Waals surface area contributed by atoms with Gasteiger partial charge in [0.05, 0.1) is 37.7 Å². The zero-order chi connectivity index (χ0) is 28.6. The van der Waals surface area contributed by atoms with E-state index in [1.165, 1.54) is 28.1 Å². The number of benzene rings is 3. The average molecular weight is 572 g/mol. The third-order valence-corrected chi connectivity index (χ3v) is 8.81. The van der Waals surface area contributed by atoms with Gasteiger partial charge in [0.15, 0.2) is 0 Å². The van der Waals surface area contributed by atoms with Gasteiger partial charge in [-0.05, 0) is 66.8 Å². The maximum atomic E-state index is 6.58. The van der Waals surface area contributed by atoms with Crippen LogP contribution in [0.4, 0.5) is 11.4 Å². The van der Waals surface area contributed by atoms with Gasteiger partial charge in [-0.3, -0.25) is 0 Å². The molecule has 0 saturated carbocycles. The molecule has 3 aromatic carbocycles. The van der Waals surface area contributed by atoms with E-state index in [0.717, 1.165) is 77.5 Å². The summed E-state index contributed by atoms with van der Waals surface area (Å²) in [5.74, 6) is 1.34. The van der Waals surface area contributed by atoms with Crippen LogP contribution in [0.1, 0.15) is 41.9 Å². The molecular weight excluding hydrogens is 526 g/mol. The Morgan fingerprint density at radius 1 is 0.905 bits per heavy atom. The third kappa shape index (κ3) is 7.27. The third-order valence-electron chi connectivity index (χ3n) is 8.81. The molecule has 3 unspecified atom stereocenters. The first-order chi connectivity index (χ1) is 20.8. The van der Waals surface area contributed by atoms with Gasteiger partial charge in [0.25, 0.3) is 0 Å². The Labute approximate surface area is 250 Å². The molecule has 42 heavy (non-hydrogen) atoms. The second kappa shape index (κ2) is 14.4. The van der Waals surface area contributed by atoms with Crippen molar-refractivity contribution in [2.45, 2.75) is 50.6 Å². The Bertz CT molecular complexity index is 1250. The van der Waals surface area contributed by atoms with Crippen molar-refractivity contribution in [2.24, 2.45) is 0 Å². The van der Waals surface area contributed by atoms with Gasteiger partial charge in [0, 0.05) is 51.5 Å². The molecule has 3 aliphatic heterocycles. The highest BCUT2D eigenvalue weighted by molar-refractivity contribution is 5.61. The number of methoxy groups -OCH3 is 1. The predicted octanol–water partition coefficient (Wildman–Crippen LogP) is 5.38. The van der Waals surface area contributed by atoms with E-state index >= 15 is 0 Å². The second-order valence-corrected chi connectivity index (χ2v) is 11.7. The maximum Gasteiger partial charge on any atom is 0.142 e. The maximum absolute atomic E-state index is 6.58.